The smallest absolute Gasteiger partial charge is 0.261 e. The lowest BCUT2D eigenvalue weighted by Crippen LogP contribution is -2.69. The Labute approximate surface area is 482 Å². The highest BCUT2D eigenvalue weighted by Gasteiger charge is 2.64. The highest BCUT2D eigenvalue weighted by Crippen LogP contribution is 2.55. The Bertz CT molecular complexity index is 2250. The molecule has 7 nitrogen and oxygen atoms in total. The highest BCUT2D eigenvalue weighted by atomic mass is 28.4. The van der Waals surface area contributed by atoms with Gasteiger partial charge in [0.1, 0.15) is 11.7 Å². The van der Waals surface area contributed by atoms with E-state index in [1.54, 1.807) is 0 Å². The van der Waals surface area contributed by atoms with Gasteiger partial charge in [0.25, 0.3) is 8.32 Å². The van der Waals surface area contributed by atoms with Gasteiger partial charge < -0.3 is 31.9 Å². The number of rotatable bonds is 21. The first-order valence-electron chi connectivity index (χ1n) is 31.0. The van der Waals surface area contributed by atoms with E-state index in [4.69, 9.17) is 31.9 Å². The fraction of sp³-hybridized carbons (Fsp3) is 0.731. The van der Waals surface area contributed by atoms with Gasteiger partial charge in [-0.3, -0.25) is 0 Å². The average molecular weight is 1140 g/mol. The fourth-order valence-corrected chi connectivity index (χ4v) is 27.5. The molecule has 1 aliphatic carbocycles. The minimum absolute atomic E-state index is 0.0232. The van der Waals surface area contributed by atoms with Crippen LogP contribution in [0.25, 0.3) is 0 Å². The molecule has 440 valence electrons. The standard InChI is InChI=1S/C67H114O7Si4/c1-47(2)61-53(11)39-40-66(71-61)44-58(72-78(65(16,17)18,59-33-26-24-27-34-59)60-35-28-25-29-36-60)43-57(70-66)38-37-52(10)41-51(9)31-30-32-55-45-68-63-62(73-77(48(3)4,49(5)6)50(7)8)54(12)42-56(67(55,63)74-75(19,20)21)46-69-76(22,23)64(13,14)15/h24-37,47-51,53-54,56-58,61-63H,38-46H2,1-23H3/b31-30+,52-37+,55-32+/t51-,53-,54-,56-,57+,58-,61+,62-,63+,66?,67+/m0/s1. The second kappa shape index (κ2) is 25.6. The third kappa shape index (κ3) is 14.2. The first-order valence-corrected chi connectivity index (χ1v) is 41.3. The van der Waals surface area contributed by atoms with Gasteiger partial charge in [-0.2, -0.15) is 0 Å². The van der Waals surface area contributed by atoms with Crippen molar-refractivity contribution in [2.45, 2.75) is 271 Å². The summed E-state index contributed by atoms with van der Waals surface area (Å²) in [6.45, 7) is 55.7. The topological polar surface area (TPSA) is 64.6 Å². The minimum atomic E-state index is -2.83. The second-order valence-corrected chi connectivity index (χ2v) is 48.9. The van der Waals surface area contributed by atoms with Crippen molar-refractivity contribution in [1.82, 2.24) is 0 Å². The van der Waals surface area contributed by atoms with Crippen LogP contribution in [0.5, 0.6) is 0 Å². The molecule has 0 radical (unpaired) electrons. The maximum atomic E-state index is 7.95. The third-order valence-electron chi connectivity index (χ3n) is 19.3. The maximum absolute atomic E-state index is 7.95. The van der Waals surface area contributed by atoms with Crippen molar-refractivity contribution >= 4 is 43.6 Å². The Morgan fingerprint density at radius 1 is 0.744 bits per heavy atom. The predicted molar refractivity (Wildman–Crippen MR) is 340 cm³/mol. The minimum Gasteiger partial charge on any atom is -0.416 e. The number of allylic oxidation sites excluding steroid dienone is 4. The molecule has 3 aliphatic heterocycles. The molecule has 3 saturated heterocycles. The Hall–Kier alpha value is -1.75. The maximum Gasteiger partial charge on any atom is 0.261 e. The zero-order valence-corrected chi connectivity index (χ0v) is 57.8. The highest BCUT2D eigenvalue weighted by molar-refractivity contribution is 6.99. The molecule has 0 aromatic heterocycles. The van der Waals surface area contributed by atoms with Gasteiger partial charge in [-0.05, 0) is 138 Å². The normalized spacial score (nSPS) is 30.2. The van der Waals surface area contributed by atoms with Crippen LogP contribution in [0.4, 0.5) is 0 Å². The van der Waals surface area contributed by atoms with Crippen LogP contribution < -0.4 is 10.4 Å². The van der Waals surface area contributed by atoms with Crippen LogP contribution in [-0.2, 0) is 31.9 Å². The van der Waals surface area contributed by atoms with Crippen molar-refractivity contribution < 1.29 is 31.9 Å². The van der Waals surface area contributed by atoms with Crippen molar-refractivity contribution in [2.75, 3.05) is 13.2 Å². The first-order chi connectivity index (χ1) is 36.1. The largest absolute Gasteiger partial charge is 0.416 e. The number of hydrogen-bond acceptors (Lipinski definition) is 7. The van der Waals surface area contributed by atoms with E-state index in [1.165, 1.54) is 21.5 Å². The number of fused-ring (bicyclic) bond motifs is 1. The molecule has 1 spiro atoms. The second-order valence-electron chi connectivity index (χ2n) is 30.0. The van der Waals surface area contributed by atoms with E-state index in [1.807, 2.05) is 0 Å². The summed E-state index contributed by atoms with van der Waals surface area (Å²) in [5.41, 5.74) is 3.41. The molecule has 3 heterocycles. The molecule has 11 atom stereocenters. The summed E-state index contributed by atoms with van der Waals surface area (Å²) >= 11 is 0. The van der Waals surface area contributed by atoms with E-state index < -0.39 is 44.7 Å². The summed E-state index contributed by atoms with van der Waals surface area (Å²) in [5, 5.41) is 2.61. The van der Waals surface area contributed by atoms with Gasteiger partial charge in [-0.25, -0.2) is 0 Å². The van der Waals surface area contributed by atoms with E-state index in [2.05, 4.69) is 242 Å². The first kappa shape index (κ1) is 65.4. The van der Waals surface area contributed by atoms with Crippen molar-refractivity contribution in [1.29, 1.82) is 0 Å². The van der Waals surface area contributed by atoms with E-state index in [0.29, 0.717) is 53.5 Å². The predicted octanol–water partition coefficient (Wildman–Crippen LogP) is 17.4. The van der Waals surface area contributed by atoms with Crippen LogP contribution in [0.3, 0.4) is 0 Å². The summed E-state index contributed by atoms with van der Waals surface area (Å²) in [4.78, 5) is 0. The molecule has 1 saturated carbocycles. The lowest BCUT2D eigenvalue weighted by molar-refractivity contribution is -0.338. The molecule has 0 bridgehead atoms. The lowest BCUT2D eigenvalue weighted by atomic mass is 9.66. The molecular formula is C67H114O7Si4. The molecule has 78 heavy (non-hydrogen) atoms. The Kier molecular flexibility index (Phi) is 21.5. The van der Waals surface area contributed by atoms with Crippen LogP contribution in [0, 0.1) is 29.6 Å². The zero-order chi connectivity index (χ0) is 58.0. The van der Waals surface area contributed by atoms with Crippen LogP contribution in [0.2, 0.25) is 59.4 Å². The molecule has 11 heteroatoms. The summed E-state index contributed by atoms with van der Waals surface area (Å²) in [6.07, 6.45) is 15.7. The van der Waals surface area contributed by atoms with Gasteiger partial charge in [0.05, 0.1) is 31.0 Å². The van der Waals surface area contributed by atoms with Gasteiger partial charge in [0, 0.05) is 25.4 Å². The van der Waals surface area contributed by atoms with Crippen LogP contribution in [-0.4, -0.2) is 88.4 Å². The molecule has 1 unspecified atom stereocenters. The van der Waals surface area contributed by atoms with E-state index in [-0.39, 0.29) is 46.5 Å². The quantitative estimate of drug-likeness (QED) is 0.0911. The zero-order valence-electron chi connectivity index (χ0n) is 53.8. The molecule has 6 rings (SSSR count). The van der Waals surface area contributed by atoms with Gasteiger partial charge >= 0.3 is 0 Å². The van der Waals surface area contributed by atoms with Crippen molar-refractivity contribution in [3.05, 3.63) is 96.1 Å². The van der Waals surface area contributed by atoms with Crippen molar-refractivity contribution in [3.8, 4) is 0 Å². The molecule has 4 fully saturated rings. The molecule has 0 N–H and O–H groups in total. The molecule has 4 aliphatic rings. The average Bonchev–Trinajstić information content (AvgIpc) is 3.91. The fourth-order valence-electron chi connectivity index (χ4n) is 14.6. The SMILES string of the molecule is C/C(=C\C[C@@H]1C[C@H](O[Si](c2ccccc2)(c2ccccc2)C(C)(C)C)CC2(CC[C@H](C)[C@@H](C(C)C)O2)O1)C[C@@H](C)/C=C/C=C1\CO[C@@H]2[C@@H](O[Si](C(C)C)(C(C)C)C(C)C)[C@@H](C)C[C@@H](CO[Si](C)(C)C(C)(C)C)[C@]12O[Si](C)(C)C. The molecule has 2 aromatic carbocycles. The van der Waals surface area contributed by atoms with E-state index in [9.17, 15) is 0 Å². The van der Waals surface area contributed by atoms with E-state index >= 15 is 0 Å². The molecule has 0 amide bonds. The van der Waals surface area contributed by atoms with Crippen LogP contribution >= 0.6 is 0 Å². The van der Waals surface area contributed by atoms with Crippen LogP contribution in [0.15, 0.2) is 96.1 Å². The third-order valence-corrected chi connectivity index (χ3v) is 35.9. The number of ether oxygens (including phenoxy) is 3. The lowest BCUT2D eigenvalue weighted by Gasteiger charge is -2.56. The summed E-state index contributed by atoms with van der Waals surface area (Å²) in [6, 6.07) is 22.2. The Morgan fingerprint density at radius 3 is 1.83 bits per heavy atom. The van der Waals surface area contributed by atoms with Gasteiger partial charge in [-0.1, -0.05) is 208 Å². The van der Waals surface area contributed by atoms with Gasteiger partial charge in [0.15, 0.2) is 22.4 Å². The van der Waals surface area contributed by atoms with Crippen molar-refractivity contribution in [2.24, 2.45) is 29.6 Å². The molecule has 2 aromatic rings. The Morgan fingerprint density at radius 2 is 1.32 bits per heavy atom. The molecular weight excluding hydrogens is 1030 g/mol. The van der Waals surface area contributed by atoms with Gasteiger partial charge in [0.2, 0.25) is 8.32 Å². The summed E-state index contributed by atoms with van der Waals surface area (Å²) < 4.78 is 52.5. The number of hydrogen-bond donors (Lipinski definition) is 0. The summed E-state index contributed by atoms with van der Waals surface area (Å²) in [5.74, 6) is 0.970. The summed E-state index contributed by atoms with van der Waals surface area (Å²) in [7, 11) is -9.34. The monoisotopic (exact) mass is 1140 g/mol. The van der Waals surface area contributed by atoms with Gasteiger partial charge in [-0.15, -0.1) is 0 Å². The Balaban J connectivity index is 1.29. The van der Waals surface area contributed by atoms with E-state index in [0.717, 1.165) is 44.9 Å². The van der Waals surface area contributed by atoms with Crippen molar-refractivity contribution in [3.63, 3.8) is 0 Å². The number of benzene rings is 2. The van der Waals surface area contributed by atoms with Crippen LogP contribution in [0.1, 0.15) is 170 Å².